The van der Waals surface area contributed by atoms with Gasteiger partial charge < -0.3 is 4.42 Å². The fourth-order valence-electron chi connectivity index (χ4n) is 1.22. The van der Waals surface area contributed by atoms with Crippen molar-refractivity contribution in [3.8, 4) is 0 Å². The highest BCUT2D eigenvalue weighted by Crippen LogP contribution is 2.13. The first kappa shape index (κ1) is 13.8. The number of halogens is 1. The minimum absolute atomic E-state index is 0.144. The summed E-state index contributed by atoms with van der Waals surface area (Å²) in [5, 5.41) is 0. The highest BCUT2D eigenvalue weighted by Gasteiger charge is 2.10. The molecular weight excluding hydrogens is 288 g/mol. The maximum Gasteiger partial charge on any atom is 0.305 e. The van der Waals surface area contributed by atoms with Crippen LogP contribution in [-0.2, 0) is 4.79 Å². The molecule has 5 nitrogen and oxygen atoms in total. The first-order valence-electron chi connectivity index (χ1n) is 5.48. The number of hydrogen-bond acceptors (Lipinski definition) is 3. The predicted octanol–water partition coefficient (Wildman–Crippen LogP) is 2.38. The molecule has 0 saturated carbocycles. The molecule has 0 aliphatic carbocycles. The molecule has 0 radical (unpaired) electrons. The zero-order valence-corrected chi connectivity index (χ0v) is 11.2. The molecule has 0 aromatic carbocycles. The van der Waals surface area contributed by atoms with Crippen LogP contribution in [0, 0.1) is 0 Å². The van der Waals surface area contributed by atoms with Crippen molar-refractivity contribution in [3.63, 3.8) is 0 Å². The number of hydrazine groups is 1. The fourth-order valence-corrected chi connectivity index (χ4v) is 1.53. The summed E-state index contributed by atoms with van der Waals surface area (Å²) in [6, 6.07) is 3.13. The Hall–Kier alpha value is -1.30. The lowest BCUT2D eigenvalue weighted by Gasteiger charge is -2.05. The van der Waals surface area contributed by atoms with Crippen molar-refractivity contribution in [2.75, 3.05) is 0 Å². The summed E-state index contributed by atoms with van der Waals surface area (Å²) in [7, 11) is 0. The average molecular weight is 303 g/mol. The Labute approximate surface area is 108 Å². The lowest BCUT2D eigenvalue weighted by molar-refractivity contribution is -0.122. The van der Waals surface area contributed by atoms with E-state index >= 15 is 0 Å². The van der Waals surface area contributed by atoms with Crippen LogP contribution in [0.3, 0.4) is 0 Å². The molecule has 1 heterocycles. The molecule has 0 atom stereocenters. The van der Waals surface area contributed by atoms with Crippen molar-refractivity contribution in [1.82, 2.24) is 10.9 Å². The van der Waals surface area contributed by atoms with Gasteiger partial charge in [0.2, 0.25) is 5.91 Å². The first-order chi connectivity index (χ1) is 8.13. The molecule has 0 aliphatic heterocycles. The average Bonchev–Trinajstić information content (AvgIpc) is 2.73. The third-order valence-electron chi connectivity index (χ3n) is 2.12. The van der Waals surface area contributed by atoms with Gasteiger partial charge in [0.15, 0.2) is 10.4 Å². The molecule has 0 spiro atoms. The lowest BCUT2D eigenvalue weighted by Crippen LogP contribution is -2.41. The number of amides is 2. The van der Waals surface area contributed by atoms with E-state index in [0.29, 0.717) is 11.1 Å². The summed E-state index contributed by atoms with van der Waals surface area (Å²) in [6.45, 7) is 2.06. The summed E-state index contributed by atoms with van der Waals surface area (Å²) >= 11 is 3.09. The van der Waals surface area contributed by atoms with Gasteiger partial charge in [0, 0.05) is 6.42 Å². The summed E-state index contributed by atoms with van der Waals surface area (Å²) in [5.41, 5.74) is 4.62. The molecule has 0 unspecified atom stereocenters. The van der Waals surface area contributed by atoms with E-state index in [4.69, 9.17) is 4.42 Å². The van der Waals surface area contributed by atoms with E-state index in [9.17, 15) is 9.59 Å². The van der Waals surface area contributed by atoms with Crippen LogP contribution < -0.4 is 10.9 Å². The zero-order chi connectivity index (χ0) is 12.7. The summed E-state index contributed by atoms with van der Waals surface area (Å²) in [4.78, 5) is 22.7. The second-order valence-corrected chi connectivity index (χ2v) is 4.34. The Morgan fingerprint density at radius 1 is 1.29 bits per heavy atom. The molecule has 2 amide bonds. The van der Waals surface area contributed by atoms with Crippen LogP contribution >= 0.6 is 15.9 Å². The molecule has 0 bridgehead atoms. The van der Waals surface area contributed by atoms with Gasteiger partial charge in [0.25, 0.3) is 0 Å². The van der Waals surface area contributed by atoms with Gasteiger partial charge in [-0.3, -0.25) is 20.4 Å². The summed E-state index contributed by atoms with van der Waals surface area (Å²) in [5.74, 6) is -0.525. The molecular formula is C11H15BrN2O3. The van der Waals surface area contributed by atoms with E-state index in [2.05, 4.69) is 33.7 Å². The quantitative estimate of drug-likeness (QED) is 0.648. The second-order valence-electron chi connectivity index (χ2n) is 3.56. The van der Waals surface area contributed by atoms with Crippen molar-refractivity contribution in [2.24, 2.45) is 0 Å². The van der Waals surface area contributed by atoms with Crippen LogP contribution in [0.5, 0.6) is 0 Å². The number of rotatable bonds is 5. The number of hydrogen-bond donors (Lipinski definition) is 2. The Morgan fingerprint density at radius 3 is 2.65 bits per heavy atom. The molecule has 0 saturated heterocycles. The van der Waals surface area contributed by atoms with E-state index in [0.717, 1.165) is 19.3 Å². The minimum atomic E-state index is -0.473. The van der Waals surface area contributed by atoms with Crippen LogP contribution in [0.4, 0.5) is 0 Å². The van der Waals surface area contributed by atoms with Crippen LogP contribution in [0.25, 0.3) is 0 Å². The Morgan fingerprint density at radius 2 is 2.06 bits per heavy atom. The van der Waals surface area contributed by atoms with Crippen LogP contribution in [0.1, 0.15) is 43.2 Å². The standard InChI is InChI=1S/C11H15BrN2O3/c1-2-3-4-5-10(15)13-14-11(16)8-6-7-9(12)17-8/h6-7H,2-5H2,1H3,(H,13,15)(H,14,16). The first-order valence-corrected chi connectivity index (χ1v) is 6.27. The maximum absolute atomic E-state index is 11.5. The van der Waals surface area contributed by atoms with E-state index in [1.807, 2.05) is 0 Å². The Kier molecular flexibility index (Phi) is 5.76. The van der Waals surface area contributed by atoms with E-state index < -0.39 is 5.91 Å². The number of carbonyl (C=O) groups is 2. The van der Waals surface area contributed by atoms with Crippen LogP contribution in [0.15, 0.2) is 21.2 Å². The van der Waals surface area contributed by atoms with Crippen LogP contribution in [-0.4, -0.2) is 11.8 Å². The smallest absolute Gasteiger partial charge is 0.305 e. The van der Waals surface area contributed by atoms with Crippen molar-refractivity contribution in [2.45, 2.75) is 32.6 Å². The Bertz CT molecular complexity index is 390. The lowest BCUT2D eigenvalue weighted by atomic mass is 10.2. The number of carbonyl (C=O) groups excluding carboxylic acids is 2. The van der Waals surface area contributed by atoms with Gasteiger partial charge in [0.1, 0.15) is 0 Å². The van der Waals surface area contributed by atoms with Crippen molar-refractivity contribution < 1.29 is 14.0 Å². The third-order valence-corrected chi connectivity index (χ3v) is 2.55. The van der Waals surface area contributed by atoms with Gasteiger partial charge in [-0.1, -0.05) is 19.8 Å². The normalized spacial score (nSPS) is 10.0. The number of nitrogens with one attached hydrogen (secondary N) is 2. The monoisotopic (exact) mass is 302 g/mol. The third kappa shape index (κ3) is 5.04. The molecule has 1 aromatic heterocycles. The van der Waals surface area contributed by atoms with Gasteiger partial charge in [-0.2, -0.15) is 0 Å². The highest BCUT2D eigenvalue weighted by molar-refractivity contribution is 9.10. The zero-order valence-electron chi connectivity index (χ0n) is 9.59. The molecule has 17 heavy (non-hydrogen) atoms. The molecule has 0 fully saturated rings. The fraction of sp³-hybridized carbons (Fsp3) is 0.455. The predicted molar refractivity (Wildman–Crippen MR) is 66.2 cm³/mol. The van der Waals surface area contributed by atoms with Crippen molar-refractivity contribution >= 4 is 27.7 Å². The van der Waals surface area contributed by atoms with Crippen LogP contribution in [0.2, 0.25) is 0 Å². The van der Waals surface area contributed by atoms with Gasteiger partial charge in [0.05, 0.1) is 0 Å². The van der Waals surface area contributed by atoms with Crippen molar-refractivity contribution in [3.05, 3.63) is 22.6 Å². The number of unbranched alkanes of at least 4 members (excludes halogenated alkanes) is 2. The molecule has 1 rings (SSSR count). The molecule has 6 heteroatoms. The largest absolute Gasteiger partial charge is 0.444 e. The number of furan rings is 1. The van der Waals surface area contributed by atoms with E-state index in [1.54, 1.807) is 6.07 Å². The Balaban J connectivity index is 2.26. The molecule has 1 aromatic rings. The highest BCUT2D eigenvalue weighted by atomic mass is 79.9. The van der Waals surface area contributed by atoms with Crippen molar-refractivity contribution in [1.29, 1.82) is 0 Å². The van der Waals surface area contributed by atoms with Gasteiger partial charge >= 0.3 is 5.91 Å². The van der Waals surface area contributed by atoms with E-state index in [1.165, 1.54) is 6.07 Å². The van der Waals surface area contributed by atoms with E-state index in [-0.39, 0.29) is 11.7 Å². The molecule has 0 aliphatic rings. The van der Waals surface area contributed by atoms with Gasteiger partial charge in [-0.05, 0) is 34.5 Å². The summed E-state index contributed by atoms with van der Waals surface area (Å²) in [6.07, 6.45) is 3.30. The topological polar surface area (TPSA) is 71.3 Å². The molecule has 94 valence electrons. The van der Waals surface area contributed by atoms with Gasteiger partial charge in [-0.15, -0.1) is 0 Å². The molecule has 2 N–H and O–H groups in total. The second kappa shape index (κ2) is 7.11. The minimum Gasteiger partial charge on any atom is -0.444 e. The maximum atomic E-state index is 11.5. The SMILES string of the molecule is CCCCCC(=O)NNC(=O)c1ccc(Br)o1. The van der Waals surface area contributed by atoms with Gasteiger partial charge in [-0.25, -0.2) is 0 Å². The summed E-state index contributed by atoms with van der Waals surface area (Å²) < 4.78 is 5.50.